The molecule has 0 saturated carbocycles. The largest absolute Gasteiger partial charge is 0.326 e. The Labute approximate surface area is 146 Å². The lowest BCUT2D eigenvalue weighted by atomic mass is 9.86. The van der Waals surface area contributed by atoms with Crippen LogP contribution in [0.15, 0.2) is 48.5 Å². The minimum absolute atomic E-state index is 0.0622. The first-order chi connectivity index (χ1) is 11.3. The van der Waals surface area contributed by atoms with Gasteiger partial charge in [0.15, 0.2) is 0 Å². The lowest BCUT2D eigenvalue weighted by molar-refractivity contribution is -0.116. The molecule has 0 saturated heterocycles. The predicted octanol–water partition coefficient (Wildman–Crippen LogP) is 5.68. The van der Waals surface area contributed by atoms with Gasteiger partial charge in [-0.05, 0) is 46.6 Å². The maximum Gasteiger partial charge on any atom is 0.224 e. The zero-order valence-corrected chi connectivity index (χ0v) is 15.5. The Balaban J connectivity index is 1.86. The van der Waals surface area contributed by atoms with Gasteiger partial charge < -0.3 is 5.32 Å². The van der Waals surface area contributed by atoms with Gasteiger partial charge in [0.1, 0.15) is 0 Å². The number of aryl methyl sites for hydroxylation is 1. The fourth-order valence-electron chi connectivity index (χ4n) is 2.60. The number of hydrogen-bond donors (Lipinski definition) is 1. The molecule has 2 nitrogen and oxygen atoms in total. The number of carbonyl (C=O) groups is 1. The first kappa shape index (κ1) is 18.3. The van der Waals surface area contributed by atoms with Gasteiger partial charge in [-0.3, -0.25) is 4.79 Å². The van der Waals surface area contributed by atoms with Gasteiger partial charge in [-0.25, -0.2) is 0 Å². The van der Waals surface area contributed by atoms with Crippen LogP contribution in [0, 0.1) is 0 Å². The van der Waals surface area contributed by atoms with Crippen molar-refractivity contribution in [3.8, 4) is 0 Å². The molecular formula is C22H29NO. The van der Waals surface area contributed by atoms with Gasteiger partial charge in [-0.1, -0.05) is 71.0 Å². The number of nitrogens with one attached hydrogen (secondary N) is 1. The number of rotatable bonds is 5. The summed E-state index contributed by atoms with van der Waals surface area (Å²) in [7, 11) is 0. The molecule has 2 aromatic carbocycles. The predicted molar refractivity (Wildman–Crippen MR) is 103 cm³/mol. The Morgan fingerprint density at radius 2 is 1.54 bits per heavy atom. The van der Waals surface area contributed by atoms with Crippen LogP contribution in [0.3, 0.4) is 0 Å². The van der Waals surface area contributed by atoms with Gasteiger partial charge in [0.05, 0.1) is 0 Å². The molecule has 1 N–H and O–H groups in total. The highest BCUT2D eigenvalue weighted by Gasteiger charge is 2.13. The maximum absolute atomic E-state index is 12.1. The highest BCUT2D eigenvalue weighted by atomic mass is 16.1. The summed E-state index contributed by atoms with van der Waals surface area (Å²) in [6.45, 7) is 11.0. The highest BCUT2D eigenvalue weighted by Crippen LogP contribution is 2.22. The Morgan fingerprint density at radius 1 is 0.958 bits per heavy atom. The third kappa shape index (κ3) is 5.23. The molecule has 2 aromatic rings. The maximum atomic E-state index is 12.1. The van der Waals surface area contributed by atoms with Crippen LogP contribution < -0.4 is 5.32 Å². The number of hydrogen-bond acceptors (Lipinski definition) is 1. The normalized spacial score (nSPS) is 11.6. The van der Waals surface area contributed by atoms with Gasteiger partial charge in [0, 0.05) is 12.1 Å². The quantitative estimate of drug-likeness (QED) is 0.753. The minimum atomic E-state index is 0.0622. The number of carbonyl (C=O) groups excluding carboxylic acids is 1. The number of amides is 1. The van der Waals surface area contributed by atoms with E-state index in [0.717, 1.165) is 12.1 Å². The molecule has 128 valence electrons. The van der Waals surface area contributed by atoms with Gasteiger partial charge >= 0.3 is 0 Å². The molecule has 0 aliphatic heterocycles. The van der Waals surface area contributed by atoms with Crippen molar-refractivity contribution in [2.45, 2.75) is 58.8 Å². The Kier molecular flexibility index (Phi) is 5.82. The molecule has 1 amide bonds. The van der Waals surface area contributed by atoms with E-state index in [1.807, 2.05) is 12.1 Å². The molecular weight excluding hydrogens is 294 g/mol. The lowest BCUT2D eigenvalue weighted by Gasteiger charge is -2.19. The molecule has 0 atom stereocenters. The van der Waals surface area contributed by atoms with Gasteiger partial charge in [-0.15, -0.1) is 0 Å². The third-order valence-electron chi connectivity index (χ3n) is 4.32. The monoisotopic (exact) mass is 323 g/mol. The molecule has 2 heteroatoms. The van der Waals surface area contributed by atoms with Crippen molar-refractivity contribution in [2.75, 3.05) is 5.32 Å². The standard InChI is InChI=1S/C22H29NO/c1-16(2)18-9-13-20(14-10-18)23-21(24)15-8-17-6-11-19(12-7-17)22(3,4)5/h6-7,9-14,16H,8,15H2,1-5H3,(H,23,24). The first-order valence-electron chi connectivity index (χ1n) is 8.75. The molecule has 0 fully saturated rings. The topological polar surface area (TPSA) is 29.1 Å². The molecule has 24 heavy (non-hydrogen) atoms. The summed E-state index contributed by atoms with van der Waals surface area (Å²) in [6, 6.07) is 16.7. The van der Waals surface area contributed by atoms with E-state index < -0.39 is 0 Å². The van der Waals surface area contributed by atoms with E-state index >= 15 is 0 Å². The molecule has 0 bridgehead atoms. The van der Waals surface area contributed by atoms with E-state index in [4.69, 9.17) is 0 Å². The van der Waals surface area contributed by atoms with Crippen molar-refractivity contribution in [3.63, 3.8) is 0 Å². The van der Waals surface area contributed by atoms with Crippen LogP contribution >= 0.6 is 0 Å². The van der Waals surface area contributed by atoms with Crippen LogP contribution in [0.1, 0.15) is 63.6 Å². The fourth-order valence-corrected chi connectivity index (χ4v) is 2.60. The van der Waals surface area contributed by atoms with E-state index in [-0.39, 0.29) is 11.3 Å². The van der Waals surface area contributed by atoms with Gasteiger partial charge in [0.25, 0.3) is 0 Å². The van der Waals surface area contributed by atoms with E-state index in [1.165, 1.54) is 16.7 Å². The second-order valence-corrected chi connectivity index (χ2v) is 7.77. The van der Waals surface area contributed by atoms with Crippen LogP contribution in [0.25, 0.3) is 0 Å². The molecule has 0 aliphatic rings. The molecule has 0 aliphatic carbocycles. The van der Waals surface area contributed by atoms with Crippen LogP contribution in [0.2, 0.25) is 0 Å². The molecule has 0 heterocycles. The Morgan fingerprint density at radius 3 is 2.04 bits per heavy atom. The summed E-state index contributed by atoms with van der Waals surface area (Å²) in [5.74, 6) is 0.568. The second-order valence-electron chi connectivity index (χ2n) is 7.77. The van der Waals surface area contributed by atoms with E-state index in [9.17, 15) is 4.79 Å². The van der Waals surface area contributed by atoms with E-state index in [2.05, 4.69) is 76.3 Å². The Hall–Kier alpha value is -2.09. The first-order valence-corrected chi connectivity index (χ1v) is 8.75. The van der Waals surface area contributed by atoms with Crippen molar-refractivity contribution in [1.82, 2.24) is 0 Å². The smallest absolute Gasteiger partial charge is 0.224 e. The summed E-state index contributed by atoms with van der Waals surface area (Å²) in [5, 5.41) is 2.98. The van der Waals surface area contributed by atoms with Crippen molar-refractivity contribution in [1.29, 1.82) is 0 Å². The van der Waals surface area contributed by atoms with Crippen LogP contribution in [-0.2, 0) is 16.6 Å². The summed E-state index contributed by atoms with van der Waals surface area (Å²) < 4.78 is 0. The SMILES string of the molecule is CC(C)c1ccc(NC(=O)CCc2ccc(C(C)(C)C)cc2)cc1. The summed E-state index contributed by atoms with van der Waals surface area (Å²) in [6.07, 6.45) is 1.27. The number of benzene rings is 2. The van der Waals surface area contributed by atoms with Crippen LogP contribution in [0.4, 0.5) is 5.69 Å². The highest BCUT2D eigenvalue weighted by molar-refractivity contribution is 5.90. The van der Waals surface area contributed by atoms with E-state index in [0.29, 0.717) is 12.3 Å². The summed E-state index contributed by atoms with van der Waals surface area (Å²) >= 11 is 0. The van der Waals surface area contributed by atoms with Crippen molar-refractivity contribution in [3.05, 3.63) is 65.2 Å². The summed E-state index contributed by atoms with van der Waals surface area (Å²) in [5.41, 5.74) is 4.84. The van der Waals surface area contributed by atoms with Crippen molar-refractivity contribution in [2.24, 2.45) is 0 Å². The average Bonchev–Trinajstić information content (AvgIpc) is 2.53. The Bertz CT molecular complexity index is 661. The zero-order valence-electron chi connectivity index (χ0n) is 15.5. The molecule has 2 rings (SSSR count). The van der Waals surface area contributed by atoms with Gasteiger partial charge in [0.2, 0.25) is 5.91 Å². The van der Waals surface area contributed by atoms with Crippen molar-refractivity contribution < 1.29 is 4.79 Å². The summed E-state index contributed by atoms with van der Waals surface area (Å²) in [4.78, 5) is 12.1. The number of anilines is 1. The van der Waals surface area contributed by atoms with Crippen LogP contribution in [-0.4, -0.2) is 5.91 Å². The van der Waals surface area contributed by atoms with Gasteiger partial charge in [-0.2, -0.15) is 0 Å². The zero-order chi connectivity index (χ0) is 17.7. The van der Waals surface area contributed by atoms with Crippen molar-refractivity contribution >= 4 is 11.6 Å². The third-order valence-corrected chi connectivity index (χ3v) is 4.32. The molecule has 0 unspecified atom stereocenters. The fraction of sp³-hybridized carbons (Fsp3) is 0.409. The molecule has 0 aromatic heterocycles. The lowest BCUT2D eigenvalue weighted by Crippen LogP contribution is -2.13. The molecule has 0 radical (unpaired) electrons. The minimum Gasteiger partial charge on any atom is -0.326 e. The average molecular weight is 323 g/mol. The van der Waals surface area contributed by atoms with Crippen LogP contribution in [0.5, 0.6) is 0 Å². The molecule has 0 spiro atoms. The second kappa shape index (κ2) is 7.65. The van der Waals surface area contributed by atoms with E-state index in [1.54, 1.807) is 0 Å².